The summed E-state index contributed by atoms with van der Waals surface area (Å²) < 4.78 is 0. The molecule has 0 radical (unpaired) electrons. The second kappa shape index (κ2) is 7.63. The number of likely N-dealkylation sites (N-methyl/N-ethyl adjacent to an activating group) is 1. The van der Waals surface area contributed by atoms with Gasteiger partial charge >= 0.3 is 0 Å². The third-order valence-electron chi connectivity index (χ3n) is 3.06. The molecule has 4 heteroatoms. The van der Waals surface area contributed by atoms with Crippen molar-refractivity contribution in [1.29, 1.82) is 0 Å². The van der Waals surface area contributed by atoms with E-state index in [9.17, 15) is 4.79 Å². The summed E-state index contributed by atoms with van der Waals surface area (Å²) in [6, 6.07) is 0. The van der Waals surface area contributed by atoms with Crippen LogP contribution in [0.1, 0.15) is 25.7 Å². The third-order valence-corrected chi connectivity index (χ3v) is 3.06. The Hall–Kier alpha value is -0.610. The van der Waals surface area contributed by atoms with Crippen LogP contribution in [-0.4, -0.2) is 51.1 Å². The van der Waals surface area contributed by atoms with E-state index in [2.05, 4.69) is 15.5 Å². The number of nitrogens with one attached hydrogen (secondary N) is 2. The minimum absolute atomic E-state index is 0.201. The van der Waals surface area contributed by atoms with Crippen LogP contribution in [0.5, 0.6) is 0 Å². The molecule has 0 aromatic rings. The molecule has 0 saturated carbocycles. The van der Waals surface area contributed by atoms with Crippen LogP contribution < -0.4 is 10.6 Å². The zero-order valence-electron chi connectivity index (χ0n) is 10.6. The van der Waals surface area contributed by atoms with Crippen molar-refractivity contribution in [1.82, 2.24) is 15.5 Å². The molecule has 1 aliphatic rings. The lowest BCUT2D eigenvalue weighted by Crippen LogP contribution is -2.33. The summed E-state index contributed by atoms with van der Waals surface area (Å²) in [5.74, 6) is 0.903. The molecule has 1 amide bonds. The standard InChI is InChI=1S/C12H25N3O/c1-15(2)9-8-14-12(16)6-5-11-4-3-7-13-10-11/h11,13H,3-10H2,1-2H3,(H,14,16). The van der Waals surface area contributed by atoms with Crippen molar-refractivity contribution in [2.75, 3.05) is 40.3 Å². The second-order valence-electron chi connectivity index (χ2n) is 4.90. The highest BCUT2D eigenvalue weighted by atomic mass is 16.1. The molecule has 2 N–H and O–H groups in total. The highest BCUT2D eigenvalue weighted by molar-refractivity contribution is 5.75. The number of nitrogens with zero attached hydrogens (tertiary/aromatic N) is 1. The number of rotatable bonds is 6. The molecular formula is C12H25N3O. The molecule has 1 fully saturated rings. The lowest BCUT2D eigenvalue weighted by Gasteiger charge is -2.22. The average molecular weight is 227 g/mol. The van der Waals surface area contributed by atoms with E-state index in [1.54, 1.807) is 0 Å². The highest BCUT2D eigenvalue weighted by Gasteiger charge is 2.14. The number of hydrogen-bond donors (Lipinski definition) is 2. The Morgan fingerprint density at radius 1 is 1.50 bits per heavy atom. The van der Waals surface area contributed by atoms with Crippen LogP contribution in [0.3, 0.4) is 0 Å². The molecule has 4 nitrogen and oxygen atoms in total. The molecule has 0 aliphatic carbocycles. The van der Waals surface area contributed by atoms with Crippen LogP contribution >= 0.6 is 0 Å². The highest BCUT2D eigenvalue weighted by Crippen LogP contribution is 2.15. The molecule has 0 aromatic heterocycles. The summed E-state index contributed by atoms with van der Waals surface area (Å²) >= 11 is 0. The van der Waals surface area contributed by atoms with Crippen LogP contribution in [0.25, 0.3) is 0 Å². The van der Waals surface area contributed by atoms with Crippen LogP contribution in [0, 0.1) is 5.92 Å². The number of carbonyl (C=O) groups excluding carboxylic acids is 1. The molecule has 1 aliphatic heterocycles. The van der Waals surface area contributed by atoms with Crippen molar-refractivity contribution < 1.29 is 4.79 Å². The summed E-state index contributed by atoms with van der Waals surface area (Å²) in [6.07, 6.45) is 4.24. The minimum atomic E-state index is 0.201. The Morgan fingerprint density at radius 2 is 2.31 bits per heavy atom. The van der Waals surface area contributed by atoms with Gasteiger partial charge in [0.15, 0.2) is 0 Å². The van der Waals surface area contributed by atoms with Crippen molar-refractivity contribution >= 4 is 5.91 Å². The normalized spacial score (nSPS) is 21.1. The van der Waals surface area contributed by atoms with E-state index in [0.717, 1.165) is 32.6 Å². The SMILES string of the molecule is CN(C)CCNC(=O)CCC1CCCNC1. The van der Waals surface area contributed by atoms with Gasteiger partial charge in [0.25, 0.3) is 0 Å². The maximum absolute atomic E-state index is 11.5. The Kier molecular flexibility index (Phi) is 6.42. The van der Waals surface area contributed by atoms with Gasteiger partial charge in [-0.25, -0.2) is 0 Å². The monoisotopic (exact) mass is 227 g/mol. The van der Waals surface area contributed by atoms with E-state index in [1.807, 2.05) is 14.1 Å². The minimum Gasteiger partial charge on any atom is -0.355 e. The van der Waals surface area contributed by atoms with Gasteiger partial charge in [0.05, 0.1) is 0 Å². The van der Waals surface area contributed by atoms with E-state index >= 15 is 0 Å². The van der Waals surface area contributed by atoms with Gasteiger partial charge in [-0.3, -0.25) is 4.79 Å². The number of amides is 1. The fraction of sp³-hybridized carbons (Fsp3) is 0.917. The van der Waals surface area contributed by atoms with Crippen molar-refractivity contribution in [2.24, 2.45) is 5.92 Å². The van der Waals surface area contributed by atoms with E-state index in [1.165, 1.54) is 12.8 Å². The van der Waals surface area contributed by atoms with Crippen molar-refractivity contribution in [3.05, 3.63) is 0 Å². The Bertz CT molecular complexity index is 200. The Balaban J connectivity index is 2.00. The Labute approximate surface area is 98.8 Å². The fourth-order valence-electron chi connectivity index (χ4n) is 2.01. The van der Waals surface area contributed by atoms with Gasteiger partial charge in [0.1, 0.15) is 0 Å². The van der Waals surface area contributed by atoms with Crippen LogP contribution in [0.15, 0.2) is 0 Å². The summed E-state index contributed by atoms with van der Waals surface area (Å²) in [5.41, 5.74) is 0. The topological polar surface area (TPSA) is 44.4 Å². The third kappa shape index (κ3) is 6.08. The van der Waals surface area contributed by atoms with Gasteiger partial charge in [-0.15, -0.1) is 0 Å². The lowest BCUT2D eigenvalue weighted by molar-refractivity contribution is -0.121. The molecule has 16 heavy (non-hydrogen) atoms. The summed E-state index contributed by atoms with van der Waals surface area (Å²) in [6.45, 7) is 3.90. The number of carbonyl (C=O) groups is 1. The predicted octanol–water partition coefficient (Wildman–Crippen LogP) is 0.444. The zero-order valence-corrected chi connectivity index (χ0v) is 10.6. The average Bonchev–Trinajstić information content (AvgIpc) is 2.27. The number of piperidine rings is 1. The maximum Gasteiger partial charge on any atom is 0.220 e. The maximum atomic E-state index is 11.5. The summed E-state index contributed by atoms with van der Waals surface area (Å²) in [4.78, 5) is 13.6. The molecular weight excluding hydrogens is 202 g/mol. The van der Waals surface area contributed by atoms with Gasteiger partial charge in [-0.05, 0) is 52.4 Å². The summed E-state index contributed by atoms with van der Waals surface area (Å²) in [7, 11) is 4.03. The lowest BCUT2D eigenvalue weighted by atomic mass is 9.94. The van der Waals surface area contributed by atoms with Crippen LogP contribution in [0.2, 0.25) is 0 Å². The molecule has 1 saturated heterocycles. The molecule has 0 aromatic carbocycles. The predicted molar refractivity (Wildman–Crippen MR) is 66.4 cm³/mol. The van der Waals surface area contributed by atoms with E-state index in [0.29, 0.717) is 12.3 Å². The zero-order chi connectivity index (χ0) is 11.8. The molecule has 94 valence electrons. The first-order valence-corrected chi connectivity index (χ1v) is 6.30. The first kappa shape index (κ1) is 13.5. The van der Waals surface area contributed by atoms with Crippen LogP contribution in [-0.2, 0) is 4.79 Å². The first-order valence-electron chi connectivity index (χ1n) is 6.30. The Morgan fingerprint density at radius 3 is 2.94 bits per heavy atom. The van der Waals surface area contributed by atoms with Gasteiger partial charge < -0.3 is 15.5 Å². The largest absolute Gasteiger partial charge is 0.355 e. The molecule has 1 heterocycles. The quantitative estimate of drug-likeness (QED) is 0.692. The first-order chi connectivity index (χ1) is 7.68. The summed E-state index contributed by atoms with van der Waals surface area (Å²) in [5, 5.41) is 6.33. The van der Waals surface area contributed by atoms with Gasteiger partial charge in [-0.2, -0.15) is 0 Å². The molecule has 0 bridgehead atoms. The van der Waals surface area contributed by atoms with E-state index in [4.69, 9.17) is 0 Å². The van der Waals surface area contributed by atoms with Crippen molar-refractivity contribution in [3.63, 3.8) is 0 Å². The smallest absolute Gasteiger partial charge is 0.220 e. The van der Waals surface area contributed by atoms with E-state index in [-0.39, 0.29) is 5.91 Å². The molecule has 0 spiro atoms. The molecule has 1 unspecified atom stereocenters. The van der Waals surface area contributed by atoms with E-state index < -0.39 is 0 Å². The van der Waals surface area contributed by atoms with Gasteiger partial charge in [-0.1, -0.05) is 0 Å². The fourth-order valence-corrected chi connectivity index (χ4v) is 2.01. The number of hydrogen-bond acceptors (Lipinski definition) is 3. The van der Waals surface area contributed by atoms with Gasteiger partial charge in [0, 0.05) is 19.5 Å². The second-order valence-corrected chi connectivity index (χ2v) is 4.90. The van der Waals surface area contributed by atoms with Crippen LogP contribution in [0.4, 0.5) is 0 Å². The van der Waals surface area contributed by atoms with Crippen molar-refractivity contribution in [2.45, 2.75) is 25.7 Å². The van der Waals surface area contributed by atoms with Gasteiger partial charge in [0.2, 0.25) is 5.91 Å². The molecule has 1 atom stereocenters. The molecule has 1 rings (SSSR count). The van der Waals surface area contributed by atoms with Crippen molar-refractivity contribution in [3.8, 4) is 0 Å².